The molecule has 2 heteroatoms. The highest BCUT2D eigenvalue weighted by Gasteiger charge is 2.16. The first-order valence-corrected chi connectivity index (χ1v) is 8.15. The first kappa shape index (κ1) is 18.2. The third-order valence-corrected chi connectivity index (χ3v) is 4.19. The molecule has 0 heterocycles. The first-order valence-electron chi connectivity index (χ1n) is 8.15. The van der Waals surface area contributed by atoms with Gasteiger partial charge in [-0.1, -0.05) is 32.9 Å². The Labute approximate surface area is 131 Å². The van der Waals surface area contributed by atoms with E-state index in [1.165, 1.54) is 22.3 Å². The predicted octanol–water partition coefficient (Wildman–Crippen LogP) is 4.20. The van der Waals surface area contributed by atoms with Crippen LogP contribution in [0.25, 0.3) is 0 Å². The number of hydrogen-bond donors (Lipinski definition) is 1. The second-order valence-corrected chi connectivity index (χ2v) is 7.36. The summed E-state index contributed by atoms with van der Waals surface area (Å²) >= 11 is 0. The quantitative estimate of drug-likeness (QED) is 0.761. The second-order valence-electron chi connectivity index (χ2n) is 7.36. The van der Waals surface area contributed by atoms with E-state index in [4.69, 9.17) is 5.11 Å². The molecule has 1 rings (SSSR count). The molecular weight excluding hydrogens is 258 g/mol. The SMILES string of the molecule is Cc1cc(C(C)(C)C)cc(C)c1CN(C)CCCCCO. The molecular formula is C19H33NO. The summed E-state index contributed by atoms with van der Waals surface area (Å²) in [5.74, 6) is 0. The standard InChI is InChI=1S/C19H33NO/c1-15-12-17(19(3,4)5)13-16(2)18(15)14-20(6)10-8-7-9-11-21/h12-13,21H,7-11,14H2,1-6H3. The minimum absolute atomic E-state index is 0.213. The number of aliphatic hydroxyl groups is 1. The van der Waals surface area contributed by atoms with Crippen LogP contribution in [0.2, 0.25) is 0 Å². The van der Waals surface area contributed by atoms with Crippen molar-refractivity contribution in [1.82, 2.24) is 4.90 Å². The summed E-state index contributed by atoms with van der Waals surface area (Å²) in [4.78, 5) is 2.39. The maximum absolute atomic E-state index is 8.82. The van der Waals surface area contributed by atoms with E-state index in [1.54, 1.807) is 0 Å². The zero-order valence-corrected chi connectivity index (χ0v) is 14.8. The number of nitrogens with zero attached hydrogens (tertiary/aromatic N) is 1. The molecule has 0 saturated carbocycles. The van der Waals surface area contributed by atoms with E-state index in [2.05, 4.69) is 58.7 Å². The highest BCUT2D eigenvalue weighted by molar-refractivity contribution is 5.40. The van der Waals surface area contributed by atoms with Crippen molar-refractivity contribution in [3.8, 4) is 0 Å². The molecule has 0 amide bonds. The summed E-state index contributed by atoms with van der Waals surface area (Å²) in [5.41, 5.74) is 5.91. The van der Waals surface area contributed by atoms with Crippen LogP contribution < -0.4 is 0 Å². The molecule has 0 atom stereocenters. The molecule has 0 aliphatic carbocycles. The van der Waals surface area contributed by atoms with E-state index in [9.17, 15) is 0 Å². The van der Waals surface area contributed by atoms with Crippen LogP contribution in [0.5, 0.6) is 0 Å². The molecule has 0 spiro atoms. The fraction of sp³-hybridized carbons (Fsp3) is 0.684. The average molecular weight is 291 g/mol. The van der Waals surface area contributed by atoms with Crippen molar-refractivity contribution in [2.45, 2.75) is 65.8 Å². The van der Waals surface area contributed by atoms with Crippen LogP contribution in [-0.4, -0.2) is 30.2 Å². The van der Waals surface area contributed by atoms with Crippen LogP contribution in [0.1, 0.15) is 62.3 Å². The summed E-state index contributed by atoms with van der Waals surface area (Å²) in [6, 6.07) is 4.70. The molecule has 120 valence electrons. The van der Waals surface area contributed by atoms with Crippen molar-refractivity contribution in [3.05, 3.63) is 34.4 Å². The molecule has 1 aromatic rings. The van der Waals surface area contributed by atoms with Gasteiger partial charge >= 0.3 is 0 Å². The van der Waals surface area contributed by atoms with Gasteiger partial charge < -0.3 is 10.0 Å². The van der Waals surface area contributed by atoms with Gasteiger partial charge in [0, 0.05) is 13.2 Å². The van der Waals surface area contributed by atoms with Crippen molar-refractivity contribution >= 4 is 0 Å². The molecule has 0 bridgehead atoms. The van der Waals surface area contributed by atoms with E-state index in [0.717, 1.165) is 32.4 Å². The molecule has 2 nitrogen and oxygen atoms in total. The minimum Gasteiger partial charge on any atom is -0.396 e. The van der Waals surface area contributed by atoms with E-state index in [-0.39, 0.29) is 5.41 Å². The first-order chi connectivity index (χ1) is 9.75. The Kier molecular flexibility index (Phi) is 6.89. The van der Waals surface area contributed by atoms with Gasteiger partial charge in [0.15, 0.2) is 0 Å². The van der Waals surface area contributed by atoms with Gasteiger partial charge in [0.25, 0.3) is 0 Å². The Balaban J connectivity index is 2.71. The summed E-state index contributed by atoms with van der Waals surface area (Å²) in [7, 11) is 2.19. The maximum atomic E-state index is 8.82. The number of hydrogen-bond acceptors (Lipinski definition) is 2. The van der Waals surface area contributed by atoms with Gasteiger partial charge in [0.05, 0.1) is 0 Å². The number of unbranched alkanes of at least 4 members (excludes halogenated alkanes) is 2. The van der Waals surface area contributed by atoms with Gasteiger partial charge in [-0.05, 0) is 74.4 Å². The van der Waals surface area contributed by atoms with Gasteiger partial charge in [0.1, 0.15) is 0 Å². The lowest BCUT2D eigenvalue weighted by Crippen LogP contribution is -2.21. The lowest BCUT2D eigenvalue weighted by atomic mass is 9.84. The normalized spacial score (nSPS) is 12.2. The monoisotopic (exact) mass is 291 g/mol. The van der Waals surface area contributed by atoms with E-state index in [0.29, 0.717) is 6.61 Å². The summed E-state index contributed by atoms with van der Waals surface area (Å²) in [6.45, 7) is 13.7. The number of rotatable bonds is 7. The third-order valence-electron chi connectivity index (χ3n) is 4.19. The molecule has 0 aromatic heterocycles. The van der Waals surface area contributed by atoms with Gasteiger partial charge in [-0.25, -0.2) is 0 Å². The molecule has 0 radical (unpaired) electrons. The Morgan fingerprint density at radius 1 is 1.00 bits per heavy atom. The predicted molar refractivity (Wildman–Crippen MR) is 91.9 cm³/mol. The van der Waals surface area contributed by atoms with Crippen LogP contribution in [0.3, 0.4) is 0 Å². The molecule has 0 aliphatic rings. The van der Waals surface area contributed by atoms with Crippen molar-refractivity contribution < 1.29 is 5.11 Å². The van der Waals surface area contributed by atoms with Crippen LogP contribution in [0, 0.1) is 13.8 Å². The minimum atomic E-state index is 0.213. The maximum Gasteiger partial charge on any atom is 0.0431 e. The highest BCUT2D eigenvalue weighted by atomic mass is 16.2. The van der Waals surface area contributed by atoms with Crippen LogP contribution in [-0.2, 0) is 12.0 Å². The van der Waals surface area contributed by atoms with Crippen molar-refractivity contribution in [1.29, 1.82) is 0 Å². The molecule has 1 aromatic carbocycles. The summed E-state index contributed by atoms with van der Waals surface area (Å²) < 4.78 is 0. The van der Waals surface area contributed by atoms with Crippen molar-refractivity contribution in [2.24, 2.45) is 0 Å². The topological polar surface area (TPSA) is 23.5 Å². The average Bonchev–Trinajstić information content (AvgIpc) is 2.37. The zero-order valence-electron chi connectivity index (χ0n) is 14.8. The Hall–Kier alpha value is -0.860. The van der Waals surface area contributed by atoms with Crippen molar-refractivity contribution in [3.63, 3.8) is 0 Å². The molecule has 0 saturated heterocycles. The van der Waals surface area contributed by atoms with Crippen LogP contribution in [0.15, 0.2) is 12.1 Å². The van der Waals surface area contributed by atoms with Crippen molar-refractivity contribution in [2.75, 3.05) is 20.2 Å². The molecule has 1 N–H and O–H groups in total. The van der Waals surface area contributed by atoms with E-state index in [1.807, 2.05) is 0 Å². The van der Waals surface area contributed by atoms with Crippen LogP contribution in [0.4, 0.5) is 0 Å². The summed E-state index contributed by atoms with van der Waals surface area (Å²) in [6.07, 6.45) is 3.20. The summed E-state index contributed by atoms with van der Waals surface area (Å²) in [5, 5.41) is 8.82. The van der Waals surface area contributed by atoms with Gasteiger partial charge in [-0.15, -0.1) is 0 Å². The lowest BCUT2D eigenvalue weighted by Gasteiger charge is -2.24. The van der Waals surface area contributed by atoms with Gasteiger partial charge in [-0.2, -0.15) is 0 Å². The largest absolute Gasteiger partial charge is 0.396 e. The van der Waals surface area contributed by atoms with Gasteiger partial charge in [-0.3, -0.25) is 0 Å². The number of aryl methyl sites for hydroxylation is 2. The molecule has 0 unspecified atom stereocenters. The molecule has 21 heavy (non-hydrogen) atoms. The van der Waals surface area contributed by atoms with E-state index < -0.39 is 0 Å². The highest BCUT2D eigenvalue weighted by Crippen LogP contribution is 2.27. The zero-order chi connectivity index (χ0) is 16.0. The molecule has 0 aliphatic heterocycles. The fourth-order valence-electron chi connectivity index (χ4n) is 2.70. The molecule has 0 fully saturated rings. The Morgan fingerprint density at radius 2 is 1.57 bits per heavy atom. The Morgan fingerprint density at radius 3 is 2.05 bits per heavy atom. The number of benzene rings is 1. The van der Waals surface area contributed by atoms with Gasteiger partial charge in [0.2, 0.25) is 0 Å². The fourth-order valence-corrected chi connectivity index (χ4v) is 2.70. The van der Waals surface area contributed by atoms with Crippen LogP contribution >= 0.6 is 0 Å². The number of aliphatic hydroxyl groups excluding tert-OH is 1. The van der Waals surface area contributed by atoms with E-state index >= 15 is 0 Å². The Bertz CT molecular complexity index is 422. The smallest absolute Gasteiger partial charge is 0.0431 e. The third kappa shape index (κ3) is 5.80. The second kappa shape index (κ2) is 7.95. The lowest BCUT2D eigenvalue weighted by molar-refractivity contribution is 0.271.